The number of carbonyl (C=O) groups excluding carboxylic acids is 2. The Balaban J connectivity index is 1.59. The molecule has 0 saturated carbocycles. The number of fused-ring (bicyclic) bond motifs is 1. The van der Waals surface area contributed by atoms with Gasteiger partial charge in [-0.15, -0.1) is 0 Å². The minimum Gasteiger partial charge on any atom is -0.493 e. The quantitative estimate of drug-likeness (QED) is 0.785. The fourth-order valence-electron chi connectivity index (χ4n) is 3.24. The van der Waals surface area contributed by atoms with Gasteiger partial charge >= 0.3 is 0 Å². The number of hydrogen-bond donors (Lipinski definition) is 1. The van der Waals surface area contributed by atoms with Crippen molar-refractivity contribution < 1.29 is 23.8 Å². The van der Waals surface area contributed by atoms with E-state index in [1.807, 2.05) is 12.1 Å². The third kappa shape index (κ3) is 4.54. The highest BCUT2D eigenvalue weighted by atomic mass is 16.5. The van der Waals surface area contributed by atoms with Crippen molar-refractivity contribution in [2.24, 2.45) is 5.73 Å². The number of methoxy groups -OCH3 is 2. The van der Waals surface area contributed by atoms with Crippen molar-refractivity contribution in [3.8, 4) is 17.2 Å². The molecule has 0 spiro atoms. The van der Waals surface area contributed by atoms with Gasteiger partial charge in [0.05, 0.1) is 20.6 Å². The van der Waals surface area contributed by atoms with Crippen molar-refractivity contribution in [1.82, 2.24) is 4.90 Å². The first-order valence-electron chi connectivity index (χ1n) is 9.01. The summed E-state index contributed by atoms with van der Waals surface area (Å²) in [6, 6.07) is 10.9. The van der Waals surface area contributed by atoms with Crippen LogP contribution in [0.25, 0.3) is 0 Å². The molecule has 0 aliphatic carbocycles. The summed E-state index contributed by atoms with van der Waals surface area (Å²) in [5.41, 5.74) is 8.19. The summed E-state index contributed by atoms with van der Waals surface area (Å²) in [7, 11) is 3.21. The molecule has 1 aliphatic rings. The fourth-order valence-corrected chi connectivity index (χ4v) is 3.24. The van der Waals surface area contributed by atoms with Crippen LogP contribution >= 0.6 is 0 Å². The monoisotopic (exact) mass is 384 g/mol. The highest BCUT2D eigenvalue weighted by Crippen LogP contribution is 2.33. The Kier molecular flexibility index (Phi) is 6.03. The lowest BCUT2D eigenvalue weighted by atomic mass is 9.99. The van der Waals surface area contributed by atoms with Gasteiger partial charge in [0, 0.05) is 13.1 Å². The summed E-state index contributed by atoms with van der Waals surface area (Å²) in [5, 5.41) is 0. The molecule has 7 nitrogen and oxygen atoms in total. The molecule has 0 unspecified atom stereocenters. The van der Waals surface area contributed by atoms with Gasteiger partial charge < -0.3 is 24.8 Å². The molecule has 0 aromatic heterocycles. The van der Waals surface area contributed by atoms with E-state index in [9.17, 15) is 9.59 Å². The first-order valence-corrected chi connectivity index (χ1v) is 9.01. The van der Waals surface area contributed by atoms with Gasteiger partial charge in [0.15, 0.2) is 18.1 Å². The van der Waals surface area contributed by atoms with Crippen molar-refractivity contribution >= 4 is 11.8 Å². The predicted octanol–water partition coefficient (Wildman–Crippen LogP) is 1.70. The molecule has 0 atom stereocenters. The molecule has 2 amide bonds. The van der Waals surface area contributed by atoms with E-state index >= 15 is 0 Å². The Hall–Kier alpha value is -3.22. The number of primary amides is 1. The van der Waals surface area contributed by atoms with Gasteiger partial charge in [-0.2, -0.15) is 0 Å². The van der Waals surface area contributed by atoms with E-state index in [0.717, 1.165) is 23.1 Å². The summed E-state index contributed by atoms with van der Waals surface area (Å²) in [6.45, 7) is 1.09. The molecule has 3 rings (SSSR count). The number of ether oxygens (including phenoxy) is 3. The normalized spacial score (nSPS) is 12.9. The fraction of sp³-hybridized carbons (Fsp3) is 0.333. The van der Waals surface area contributed by atoms with Crippen LogP contribution in [-0.2, 0) is 29.0 Å². The van der Waals surface area contributed by atoms with Crippen molar-refractivity contribution in [3.05, 3.63) is 53.1 Å². The molecular weight excluding hydrogens is 360 g/mol. The van der Waals surface area contributed by atoms with Crippen molar-refractivity contribution in [2.45, 2.75) is 19.4 Å². The zero-order valence-electron chi connectivity index (χ0n) is 16.1. The van der Waals surface area contributed by atoms with Crippen LogP contribution in [0.2, 0.25) is 0 Å². The number of hydrogen-bond acceptors (Lipinski definition) is 5. The van der Waals surface area contributed by atoms with Gasteiger partial charge in [0.25, 0.3) is 5.91 Å². The van der Waals surface area contributed by atoms with Crippen molar-refractivity contribution in [2.75, 3.05) is 27.4 Å². The van der Waals surface area contributed by atoms with Gasteiger partial charge in [-0.25, -0.2) is 0 Å². The van der Waals surface area contributed by atoms with E-state index < -0.39 is 0 Å². The minimum absolute atomic E-state index is 0.0439. The first kappa shape index (κ1) is 19.5. The van der Waals surface area contributed by atoms with E-state index in [4.69, 9.17) is 19.9 Å². The second-order valence-corrected chi connectivity index (χ2v) is 6.62. The molecule has 0 fully saturated rings. The number of amides is 2. The lowest BCUT2D eigenvalue weighted by Gasteiger charge is -2.29. The van der Waals surface area contributed by atoms with E-state index in [1.54, 1.807) is 43.4 Å². The Labute approximate surface area is 164 Å². The summed E-state index contributed by atoms with van der Waals surface area (Å²) in [4.78, 5) is 25.3. The Morgan fingerprint density at radius 1 is 1.04 bits per heavy atom. The second-order valence-electron chi connectivity index (χ2n) is 6.62. The van der Waals surface area contributed by atoms with Gasteiger partial charge in [-0.05, 0) is 47.4 Å². The zero-order chi connectivity index (χ0) is 20.1. The van der Waals surface area contributed by atoms with Crippen LogP contribution < -0.4 is 19.9 Å². The second kappa shape index (κ2) is 8.65. The minimum atomic E-state index is -0.386. The molecule has 2 aromatic carbocycles. The summed E-state index contributed by atoms with van der Waals surface area (Å²) < 4.78 is 16.3. The van der Waals surface area contributed by atoms with Crippen LogP contribution in [-0.4, -0.2) is 44.1 Å². The van der Waals surface area contributed by atoms with Crippen molar-refractivity contribution in [3.63, 3.8) is 0 Å². The summed E-state index contributed by atoms with van der Waals surface area (Å²) in [5.74, 6) is 1.46. The molecule has 0 bridgehead atoms. The molecular formula is C21H24N2O5. The van der Waals surface area contributed by atoms with E-state index in [1.165, 1.54) is 0 Å². The smallest absolute Gasteiger partial charge is 0.260 e. The zero-order valence-corrected chi connectivity index (χ0v) is 16.1. The molecule has 7 heteroatoms. The van der Waals surface area contributed by atoms with Crippen LogP contribution in [0, 0.1) is 0 Å². The van der Waals surface area contributed by atoms with Crippen LogP contribution in [0.15, 0.2) is 36.4 Å². The third-order valence-electron chi connectivity index (χ3n) is 4.73. The van der Waals surface area contributed by atoms with E-state index in [0.29, 0.717) is 30.3 Å². The number of nitrogens with two attached hydrogens (primary N) is 1. The predicted molar refractivity (Wildman–Crippen MR) is 104 cm³/mol. The number of rotatable bonds is 7. The van der Waals surface area contributed by atoms with Crippen LogP contribution in [0.4, 0.5) is 0 Å². The average Bonchev–Trinajstić information content (AvgIpc) is 2.71. The first-order chi connectivity index (χ1) is 13.5. The van der Waals surface area contributed by atoms with Gasteiger partial charge in [0.2, 0.25) is 5.91 Å². The standard InChI is InChI=1S/C21H24N2O5/c1-26-18-10-15-7-8-23(12-16(15)11-19(18)27-2)21(25)13-28-17-5-3-14(4-6-17)9-20(22)24/h3-6,10-11H,7-9,12-13H2,1-2H3,(H2,22,24). The van der Waals surface area contributed by atoms with Crippen LogP contribution in [0.3, 0.4) is 0 Å². The van der Waals surface area contributed by atoms with Gasteiger partial charge in [0.1, 0.15) is 5.75 Å². The average molecular weight is 384 g/mol. The van der Waals surface area contributed by atoms with Gasteiger partial charge in [-0.1, -0.05) is 12.1 Å². The molecule has 2 N–H and O–H groups in total. The molecule has 148 valence electrons. The lowest BCUT2D eigenvalue weighted by molar-refractivity contribution is -0.134. The SMILES string of the molecule is COc1cc2c(cc1OC)CN(C(=O)COc1ccc(CC(N)=O)cc1)CC2. The molecule has 0 saturated heterocycles. The molecule has 28 heavy (non-hydrogen) atoms. The Morgan fingerprint density at radius 3 is 2.29 bits per heavy atom. The number of carbonyl (C=O) groups is 2. The largest absolute Gasteiger partial charge is 0.493 e. The summed E-state index contributed by atoms with van der Waals surface area (Å²) in [6.07, 6.45) is 0.934. The number of benzene rings is 2. The van der Waals surface area contributed by atoms with E-state index in [-0.39, 0.29) is 24.8 Å². The molecule has 2 aromatic rings. The Bertz CT molecular complexity index is 864. The maximum Gasteiger partial charge on any atom is 0.260 e. The Morgan fingerprint density at radius 2 is 1.68 bits per heavy atom. The number of nitrogens with zero attached hydrogens (tertiary/aromatic N) is 1. The van der Waals surface area contributed by atoms with E-state index in [2.05, 4.69) is 0 Å². The molecule has 1 aliphatic heterocycles. The highest BCUT2D eigenvalue weighted by molar-refractivity contribution is 5.78. The van der Waals surface area contributed by atoms with Gasteiger partial charge in [-0.3, -0.25) is 9.59 Å². The van der Waals surface area contributed by atoms with Crippen LogP contribution in [0.5, 0.6) is 17.2 Å². The van der Waals surface area contributed by atoms with Crippen LogP contribution in [0.1, 0.15) is 16.7 Å². The lowest BCUT2D eigenvalue weighted by Crippen LogP contribution is -2.38. The molecule has 0 radical (unpaired) electrons. The maximum atomic E-state index is 12.6. The highest BCUT2D eigenvalue weighted by Gasteiger charge is 2.23. The van der Waals surface area contributed by atoms with Crippen molar-refractivity contribution in [1.29, 1.82) is 0 Å². The molecule has 1 heterocycles. The maximum absolute atomic E-state index is 12.6. The summed E-state index contributed by atoms with van der Waals surface area (Å²) >= 11 is 0. The third-order valence-corrected chi connectivity index (χ3v) is 4.73. The topological polar surface area (TPSA) is 91.1 Å².